The summed E-state index contributed by atoms with van der Waals surface area (Å²) >= 11 is 3.23. The lowest BCUT2D eigenvalue weighted by molar-refractivity contribution is -0.116. The highest BCUT2D eigenvalue weighted by atomic mass is 32.2. The SMILES string of the molecule is COc1cccc(-n2cnnc2SCC(=O)N2CC[C@H](C)Sc3ccccc32)c1. The summed E-state index contributed by atoms with van der Waals surface area (Å²) in [6.45, 7) is 2.94. The second-order valence-corrected chi connectivity index (χ2v) is 9.13. The minimum Gasteiger partial charge on any atom is -0.497 e. The molecule has 1 aliphatic rings. The van der Waals surface area contributed by atoms with Gasteiger partial charge in [0.15, 0.2) is 5.16 Å². The zero-order chi connectivity index (χ0) is 20.2. The maximum Gasteiger partial charge on any atom is 0.237 e. The zero-order valence-corrected chi connectivity index (χ0v) is 17.9. The first-order valence-corrected chi connectivity index (χ1v) is 11.3. The summed E-state index contributed by atoms with van der Waals surface area (Å²) in [5, 5.41) is 9.39. The lowest BCUT2D eigenvalue weighted by Crippen LogP contribution is -2.33. The summed E-state index contributed by atoms with van der Waals surface area (Å²) in [7, 11) is 1.64. The Hall–Kier alpha value is -2.45. The lowest BCUT2D eigenvalue weighted by Gasteiger charge is -2.22. The number of ether oxygens (including phenoxy) is 1. The van der Waals surface area contributed by atoms with Crippen LogP contribution in [0.1, 0.15) is 13.3 Å². The highest BCUT2D eigenvalue weighted by Gasteiger charge is 2.24. The zero-order valence-electron chi connectivity index (χ0n) is 16.3. The van der Waals surface area contributed by atoms with Crippen molar-refractivity contribution in [3.63, 3.8) is 0 Å². The van der Waals surface area contributed by atoms with E-state index in [-0.39, 0.29) is 5.91 Å². The Kier molecular flexibility index (Phi) is 6.10. The molecule has 0 bridgehead atoms. The fraction of sp³-hybridized carbons (Fsp3) is 0.286. The normalized spacial score (nSPS) is 16.2. The van der Waals surface area contributed by atoms with Crippen molar-refractivity contribution >= 4 is 35.1 Å². The van der Waals surface area contributed by atoms with Gasteiger partial charge in [0.25, 0.3) is 0 Å². The van der Waals surface area contributed by atoms with Crippen LogP contribution in [0.2, 0.25) is 0 Å². The number of amides is 1. The number of rotatable bonds is 5. The standard InChI is InChI=1S/C21H22N4O2S2/c1-15-10-11-24(18-8-3-4-9-19(18)29-15)20(26)13-28-21-23-22-14-25(21)16-6-5-7-17(12-16)27-2/h3-9,12,14-15H,10-11,13H2,1-2H3/t15-/m0/s1. The van der Waals surface area contributed by atoms with Gasteiger partial charge in [-0.25, -0.2) is 0 Å². The molecule has 0 fully saturated rings. The van der Waals surface area contributed by atoms with Gasteiger partial charge >= 0.3 is 0 Å². The Morgan fingerprint density at radius 1 is 1.28 bits per heavy atom. The van der Waals surface area contributed by atoms with Gasteiger partial charge in [-0.3, -0.25) is 9.36 Å². The summed E-state index contributed by atoms with van der Waals surface area (Å²) in [6.07, 6.45) is 2.62. The van der Waals surface area contributed by atoms with E-state index in [0.717, 1.165) is 35.0 Å². The summed E-state index contributed by atoms with van der Waals surface area (Å²) < 4.78 is 7.17. The van der Waals surface area contributed by atoms with Crippen LogP contribution in [0.15, 0.2) is 64.9 Å². The van der Waals surface area contributed by atoms with Crippen LogP contribution in [0, 0.1) is 0 Å². The number of methoxy groups -OCH3 is 1. The van der Waals surface area contributed by atoms with Crippen molar-refractivity contribution in [3.8, 4) is 11.4 Å². The molecule has 29 heavy (non-hydrogen) atoms. The molecule has 0 spiro atoms. The van der Waals surface area contributed by atoms with Gasteiger partial charge in [0.2, 0.25) is 5.91 Å². The molecular formula is C21H22N4O2S2. The average molecular weight is 427 g/mol. The molecule has 0 saturated carbocycles. The highest BCUT2D eigenvalue weighted by molar-refractivity contribution is 8.00. The maximum atomic E-state index is 13.1. The van der Waals surface area contributed by atoms with Crippen molar-refractivity contribution < 1.29 is 9.53 Å². The first kappa shape index (κ1) is 19.8. The van der Waals surface area contributed by atoms with Gasteiger partial charge in [-0.2, -0.15) is 0 Å². The topological polar surface area (TPSA) is 60.2 Å². The predicted molar refractivity (Wildman–Crippen MR) is 117 cm³/mol. The van der Waals surface area contributed by atoms with Crippen LogP contribution in [0.3, 0.4) is 0 Å². The smallest absolute Gasteiger partial charge is 0.237 e. The van der Waals surface area contributed by atoms with E-state index in [0.29, 0.717) is 16.2 Å². The summed E-state index contributed by atoms with van der Waals surface area (Å²) in [5.74, 6) is 1.14. The minimum absolute atomic E-state index is 0.0809. The molecule has 0 unspecified atom stereocenters. The van der Waals surface area contributed by atoms with E-state index in [2.05, 4.69) is 23.2 Å². The highest BCUT2D eigenvalue weighted by Crippen LogP contribution is 2.37. The molecule has 1 aliphatic heterocycles. The van der Waals surface area contributed by atoms with Crippen LogP contribution in [0.5, 0.6) is 5.75 Å². The number of anilines is 1. The molecule has 0 saturated heterocycles. The molecule has 3 aromatic rings. The van der Waals surface area contributed by atoms with Gasteiger partial charge in [0, 0.05) is 22.8 Å². The number of aromatic nitrogens is 3. The van der Waals surface area contributed by atoms with Crippen LogP contribution in [0.4, 0.5) is 5.69 Å². The van der Waals surface area contributed by atoms with Gasteiger partial charge in [0.1, 0.15) is 12.1 Å². The van der Waals surface area contributed by atoms with Gasteiger partial charge in [-0.05, 0) is 30.7 Å². The van der Waals surface area contributed by atoms with E-state index in [1.807, 2.05) is 63.7 Å². The molecule has 0 radical (unpaired) electrons. The molecule has 0 aliphatic carbocycles. The maximum absolute atomic E-state index is 13.1. The quantitative estimate of drug-likeness (QED) is 0.568. The van der Waals surface area contributed by atoms with Crippen LogP contribution >= 0.6 is 23.5 Å². The second kappa shape index (κ2) is 8.92. The summed E-state index contributed by atoms with van der Waals surface area (Å²) in [5.41, 5.74) is 1.90. The lowest BCUT2D eigenvalue weighted by atomic mass is 10.2. The molecule has 2 aromatic carbocycles. The molecule has 1 amide bonds. The molecule has 1 atom stereocenters. The third-order valence-electron chi connectivity index (χ3n) is 4.72. The van der Waals surface area contributed by atoms with Gasteiger partial charge in [0.05, 0.1) is 24.2 Å². The number of fused-ring (bicyclic) bond motifs is 1. The Morgan fingerprint density at radius 2 is 2.14 bits per heavy atom. The fourth-order valence-corrected chi connectivity index (χ4v) is 5.13. The van der Waals surface area contributed by atoms with Gasteiger partial charge in [-0.15, -0.1) is 22.0 Å². The van der Waals surface area contributed by atoms with Crippen molar-refractivity contribution in [2.24, 2.45) is 0 Å². The monoisotopic (exact) mass is 426 g/mol. The number of nitrogens with zero attached hydrogens (tertiary/aromatic N) is 4. The minimum atomic E-state index is 0.0809. The number of benzene rings is 2. The van der Waals surface area contributed by atoms with Crippen LogP contribution in [-0.4, -0.2) is 45.3 Å². The molecule has 1 aromatic heterocycles. The number of hydrogen-bond acceptors (Lipinski definition) is 6. The predicted octanol–water partition coefficient (Wildman–Crippen LogP) is 4.29. The first-order valence-electron chi connectivity index (χ1n) is 9.39. The number of carbonyl (C=O) groups excluding carboxylic acids is 1. The van der Waals surface area contributed by atoms with Crippen molar-refractivity contribution in [2.75, 3.05) is 24.3 Å². The number of hydrogen-bond donors (Lipinski definition) is 0. The van der Waals surface area contributed by atoms with E-state index in [1.54, 1.807) is 13.4 Å². The van der Waals surface area contributed by atoms with Gasteiger partial charge in [-0.1, -0.05) is 36.9 Å². The second-order valence-electron chi connectivity index (χ2n) is 6.70. The van der Waals surface area contributed by atoms with Crippen molar-refractivity contribution in [3.05, 3.63) is 54.9 Å². The van der Waals surface area contributed by atoms with Crippen molar-refractivity contribution in [2.45, 2.75) is 28.6 Å². The van der Waals surface area contributed by atoms with E-state index < -0.39 is 0 Å². The Labute approximate surface area is 178 Å². The van der Waals surface area contributed by atoms with Crippen LogP contribution in [0.25, 0.3) is 5.69 Å². The average Bonchev–Trinajstić information content (AvgIpc) is 3.15. The number of thioether (sulfide) groups is 2. The van der Waals surface area contributed by atoms with Crippen molar-refractivity contribution in [1.29, 1.82) is 0 Å². The largest absolute Gasteiger partial charge is 0.497 e. The third kappa shape index (κ3) is 4.43. The molecule has 2 heterocycles. The molecule has 0 N–H and O–H groups in total. The van der Waals surface area contributed by atoms with Crippen LogP contribution < -0.4 is 9.64 Å². The molecule has 8 heteroatoms. The molecule has 4 rings (SSSR count). The Balaban J connectivity index is 1.50. The van der Waals surface area contributed by atoms with Gasteiger partial charge < -0.3 is 9.64 Å². The van der Waals surface area contributed by atoms with E-state index in [9.17, 15) is 4.79 Å². The fourth-order valence-electron chi connectivity index (χ4n) is 3.21. The molecular weight excluding hydrogens is 404 g/mol. The van der Waals surface area contributed by atoms with E-state index in [4.69, 9.17) is 4.74 Å². The van der Waals surface area contributed by atoms with E-state index in [1.165, 1.54) is 11.8 Å². The number of carbonyl (C=O) groups is 1. The Morgan fingerprint density at radius 3 is 3.00 bits per heavy atom. The Bertz CT molecular complexity index is 1010. The number of para-hydroxylation sites is 1. The van der Waals surface area contributed by atoms with Crippen molar-refractivity contribution in [1.82, 2.24) is 14.8 Å². The molecule has 150 valence electrons. The van der Waals surface area contributed by atoms with Crippen LogP contribution in [-0.2, 0) is 4.79 Å². The summed E-state index contributed by atoms with van der Waals surface area (Å²) in [4.78, 5) is 16.2. The summed E-state index contributed by atoms with van der Waals surface area (Å²) in [6, 6.07) is 15.8. The first-order chi connectivity index (χ1) is 14.2. The molecule has 6 nitrogen and oxygen atoms in total. The third-order valence-corrected chi connectivity index (χ3v) is 6.88. The van der Waals surface area contributed by atoms with E-state index >= 15 is 0 Å².